The number of para-hydroxylation sites is 1. The molecule has 2 aromatic rings. The van der Waals surface area contributed by atoms with Crippen LogP contribution in [0.3, 0.4) is 0 Å². The highest BCUT2D eigenvalue weighted by Crippen LogP contribution is 2.26. The van der Waals surface area contributed by atoms with Gasteiger partial charge in [0.25, 0.3) is 5.91 Å². The number of nitrogens with one attached hydrogen (secondary N) is 1. The third kappa shape index (κ3) is 2.47. The van der Waals surface area contributed by atoms with Crippen LogP contribution in [0, 0.1) is 19.3 Å². The number of carbonyl (C=O) groups excluding carboxylic acids is 1. The molecular weight excluding hydrogens is 328 g/mol. The van der Waals surface area contributed by atoms with Crippen LogP contribution in [0.15, 0.2) is 58.8 Å². The van der Waals surface area contributed by atoms with E-state index in [9.17, 15) is 4.79 Å². The van der Waals surface area contributed by atoms with Gasteiger partial charge in [-0.1, -0.05) is 18.2 Å². The van der Waals surface area contributed by atoms with Gasteiger partial charge in [-0.2, -0.15) is 4.99 Å². The number of nitrogens with zero attached hydrogens (tertiary/aromatic N) is 3. The van der Waals surface area contributed by atoms with E-state index in [0.29, 0.717) is 11.6 Å². The van der Waals surface area contributed by atoms with Gasteiger partial charge in [0.15, 0.2) is 11.7 Å². The molecule has 0 unspecified atom stereocenters. The van der Waals surface area contributed by atoms with Crippen LogP contribution >= 0.6 is 0 Å². The minimum Gasteiger partial charge on any atom is -0.376 e. The summed E-state index contributed by atoms with van der Waals surface area (Å²) in [5, 5.41) is 9.61. The van der Waals surface area contributed by atoms with E-state index in [1.807, 2.05) is 50.2 Å². The summed E-state index contributed by atoms with van der Waals surface area (Å²) in [5.74, 6) is 0.521. The van der Waals surface area contributed by atoms with E-state index in [-0.39, 0.29) is 11.4 Å². The number of rotatable bonds is 2. The highest BCUT2D eigenvalue weighted by molar-refractivity contribution is 6.32. The first-order chi connectivity index (χ1) is 12.5. The van der Waals surface area contributed by atoms with Crippen molar-refractivity contribution in [3.05, 3.63) is 70.8 Å². The van der Waals surface area contributed by atoms with Crippen molar-refractivity contribution in [1.29, 1.82) is 5.41 Å². The number of aliphatic imine (C=N–C) groups is 1. The Morgan fingerprint density at radius 1 is 1.15 bits per heavy atom. The molecule has 1 aromatic heterocycles. The highest BCUT2D eigenvalue weighted by atomic mass is 16.7. The normalized spacial score (nSPS) is 18.0. The Morgan fingerprint density at radius 2 is 1.88 bits per heavy atom. The van der Waals surface area contributed by atoms with Crippen LogP contribution in [0.2, 0.25) is 0 Å². The van der Waals surface area contributed by atoms with Crippen molar-refractivity contribution in [2.75, 3.05) is 0 Å². The standard InChI is InChI=1S/C20H18N4O2/c1-12-9-15(14(3)23(12)16-7-5-4-6-8-16)11-17-19(21)24-18(22-20(17)25)10-13(2)26-24/h4-11,21H,1-3H3/b17-11-,21-19?. The first kappa shape index (κ1) is 16.1. The summed E-state index contributed by atoms with van der Waals surface area (Å²) in [4.78, 5) is 21.9. The molecule has 4 rings (SSSR count). The molecule has 26 heavy (non-hydrogen) atoms. The number of amides is 1. The quantitative estimate of drug-likeness (QED) is 0.846. The Labute approximate surface area is 151 Å². The molecule has 6 nitrogen and oxygen atoms in total. The second-order valence-corrected chi connectivity index (χ2v) is 6.32. The van der Waals surface area contributed by atoms with Gasteiger partial charge in [-0.25, -0.2) is 0 Å². The van der Waals surface area contributed by atoms with Gasteiger partial charge in [0, 0.05) is 23.2 Å². The van der Waals surface area contributed by atoms with E-state index in [4.69, 9.17) is 10.2 Å². The minimum atomic E-state index is -0.430. The molecule has 6 heteroatoms. The molecule has 1 N–H and O–H groups in total. The van der Waals surface area contributed by atoms with Crippen molar-refractivity contribution in [2.45, 2.75) is 20.8 Å². The van der Waals surface area contributed by atoms with Crippen molar-refractivity contribution >= 4 is 23.7 Å². The number of hydrogen-bond donors (Lipinski definition) is 1. The molecule has 0 spiro atoms. The van der Waals surface area contributed by atoms with E-state index in [2.05, 4.69) is 9.56 Å². The summed E-state index contributed by atoms with van der Waals surface area (Å²) < 4.78 is 2.12. The number of fused-ring (bicyclic) bond motifs is 1. The molecule has 0 radical (unpaired) electrons. The van der Waals surface area contributed by atoms with Crippen LogP contribution in [-0.2, 0) is 9.63 Å². The molecule has 0 aliphatic carbocycles. The predicted octanol–water partition coefficient (Wildman–Crippen LogP) is 3.54. The van der Waals surface area contributed by atoms with Crippen molar-refractivity contribution < 1.29 is 9.63 Å². The third-order valence-corrected chi connectivity index (χ3v) is 4.46. The SMILES string of the molecule is CC1=CC2=NC(=O)/C(=C\c3cc(C)n(-c4ccccc4)c3C)C(=N)N2O1. The second kappa shape index (κ2) is 5.84. The summed E-state index contributed by atoms with van der Waals surface area (Å²) >= 11 is 0. The van der Waals surface area contributed by atoms with Crippen LogP contribution < -0.4 is 0 Å². The number of allylic oxidation sites excluding steroid dienone is 1. The molecule has 130 valence electrons. The highest BCUT2D eigenvalue weighted by Gasteiger charge is 2.34. The number of amidine groups is 2. The first-order valence-corrected chi connectivity index (χ1v) is 8.30. The summed E-state index contributed by atoms with van der Waals surface area (Å²) in [6, 6.07) is 12.0. The maximum atomic E-state index is 12.4. The van der Waals surface area contributed by atoms with E-state index >= 15 is 0 Å². The van der Waals surface area contributed by atoms with Crippen molar-refractivity contribution in [1.82, 2.24) is 9.63 Å². The minimum absolute atomic E-state index is 0.00221. The predicted molar refractivity (Wildman–Crippen MR) is 100 cm³/mol. The number of aromatic nitrogens is 1. The van der Waals surface area contributed by atoms with E-state index in [0.717, 1.165) is 22.6 Å². The summed E-state index contributed by atoms with van der Waals surface area (Å²) in [6.07, 6.45) is 3.36. The fraction of sp³-hybridized carbons (Fsp3) is 0.150. The number of hydrogen-bond acceptors (Lipinski definition) is 3. The lowest BCUT2D eigenvalue weighted by Gasteiger charge is -2.22. The third-order valence-electron chi connectivity index (χ3n) is 4.46. The zero-order valence-corrected chi connectivity index (χ0v) is 14.8. The smallest absolute Gasteiger partial charge is 0.282 e. The van der Waals surface area contributed by atoms with Gasteiger partial charge in [0.1, 0.15) is 5.76 Å². The average Bonchev–Trinajstić information content (AvgIpc) is 3.11. The molecule has 0 fully saturated rings. The van der Waals surface area contributed by atoms with Gasteiger partial charge in [-0.3, -0.25) is 10.2 Å². The fourth-order valence-electron chi connectivity index (χ4n) is 3.26. The monoisotopic (exact) mass is 346 g/mol. The molecule has 0 saturated heterocycles. The van der Waals surface area contributed by atoms with Gasteiger partial charge in [-0.05, 0) is 50.6 Å². The van der Waals surface area contributed by atoms with Crippen molar-refractivity contribution in [2.24, 2.45) is 4.99 Å². The molecular formula is C20H18N4O2. The molecule has 0 atom stereocenters. The molecule has 1 amide bonds. The van der Waals surface area contributed by atoms with Crippen molar-refractivity contribution in [3.8, 4) is 5.69 Å². The van der Waals surface area contributed by atoms with Gasteiger partial charge in [0.2, 0.25) is 0 Å². The van der Waals surface area contributed by atoms with Crippen LogP contribution in [0.25, 0.3) is 11.8 Å². The number of hydroxylamine groups is 2. The van der Waals surface area contributed by atoms with Crippen LogP contribution in [0.4, 0.5) is 0 Å². The van der Waals surface area contributed by atoms with E-state index in [1.165, 1.54) is 5.06 Å². The summed E-state index contributed by atoms with van der Waals surface area (Å²) in [5.41, 5.74) is 4.19. The second-order valence-electron chi connectivity index (χ2n) is 6.32. The van der Waals surface area contributed by atoms with Crippen LogP contribution in [0.5, 0.6) is 0 Å². The molecule has 1 aromatic carbocycles. The Bertz CT molecular complexity index is 1030. The van der Waals surface area contributed by atoms with Gasteiger partial charge >= 0.3 is 0 Å². The Morgan fingerprint density at radius 3 is 2.62 bits per heavy atom. The maximum Gasteiger partial charge on any atom is 0.282 e. The first-order valence-electron chi connectivity index (χ1n) is 8.30. The number of benzene rings is 1. The van der Waals surface area contributed by atoms with Crippen molar-refractivity contribution in [3.63, 3.8) is 0 Å². The summed E-state index contributed by atoms with van der Waals surface area (Å²) in [6.45, 7) is 5.77. The lowest BCUT2D eigenvalue weighted by Crippen LogP contribution is -2.38. The molecule has 0 bridgehead atoms. The molecule has 3 heterocycles. The Hall–Kier alpha value is -3.41. The Kier molecular flexibility index (Phi) is 3.61. The van der Waals surface area contributed by atoms with E-state index in [1.54, 1.807) is 19.1 Å². The fourth-order valence-corrected chi connectivity index (χ4v) is 3.26. The zero-order chi connectivity index (χ0) is 18.4. The maximum absolute atomic E-state index is 12.4. The lowest BCUT2D eigenvalue weighted by molar-refractivity contribution is -0.114. The van der Waals surface area contributed by atoms with E-state index < -0.39 is 5.91 Å². The van der Waals surface area contributed by atoms with Gasteiger partial charge < -0.3 is 9.40 Å². The number of aryl methyl sites for hydroxylation is 1. The largest absolute Gasteiger partial charge is 0.376 e. The number of carbonyl (C=O) groups is 1. The van der Waals surface area contributed by atoms with Crippen LogP contribution in [-0.4, -0.2) is 27.2 Å². The molecule has 0 saturated carbocycles. The topological polar surface area (TPSA) is 70.7 Å². The lowest BCUT2D eigenvalue weighted by atomic mass is 10.1. The molecule has 2 aliphatic heterocycles. The summed E-state index contributed by atoms with van der Waals surface area (Å²) in [7, 11) is 0. The zero-order valence-electron chi connectivity index (χ0n) is 14.8. The Balaban J connectivity index is 1.76. The van der Waals surface area contributed by atoms with Gasteiger partial charge in [0.05, 0.1) is 5.57 Å². The molecule has 2 aliphatic rings. The van der Waals surface area contributed by atoms with Gasteiger partial charge in [-0.15, -0.1) is 5.06 Å². The van der Waals surface area contributed by atoms with Crippen LogP contribution in [0.1, 0.15) is 23.9 Å². The average molecular weight is 346 g/mol.